The van der Waals surface area contributed by atoms with Crippen molar-refractivity contribution in [2.45, 2.75) is 12.5 Å². The average molecular weight is 403 g/mol. The summed E-state index contributed by atoms with van der Waals surface area (Å²) in [6.45, 7) is 0. The highest BCUT2D eigenvalue weighted by Gasteiger charge is 2.23. The third kappa shape index (κ3) is 5.12. The molecule has 2 rings (SSSR count). The number of ether oxygens (including phenoxy) is 3. The van der Waals surface area contributed by atoms with E-state index in [1.54, 1.807) is 18.2 Å². The van der Waals surface area contributed by atoms with Gasteiger partial charge >= 0.3 is 5.97 Å². The van der Waals surface area contributed by atoms with Gasteiger partial charge in [0.25, 0.3) is 11.6 Å². The lowest BCUT2D eigenvalue weighted by Gasteiger charge is -2.20. The molecule has 29 heavy (non-hydrogen) atoms. The smallest absolute Gasteiger partial charge is 0.307 e. The Kier molecular flexibility index (Phi) is 6.96. The maximum Gasteiger partial charge on any atom is 0.307 e. The fourth-order valence-corrected chi connectivity index (χ4v) is 2.66. The van der Waals surface area contributed by atoms with Crippen LogP contribution in [0, 0.1) is 10.1 Å². The van der Waals surface area contributed by atoms with E-state index in [4.69, 9.17) is 19.9 Å². The summed E-state index contributed by atoms with van der Waals surface area (Å²) in [5, 5.41) is 13.8. The summed E-state index contributed by atoms with van der Waals surface area (Å²) in [6.07, 6.45) is -0.158. The average Bonchev–Trinajstić information content (AvgIpc) is 2.72. The van der Waals surface area contributed by atoms with Crippen LogP contribution in [0.2, 0.25) is 0 Å². The third-order valence-electron chi connectivity index (χ3n) is 4.20. The molecule has 0 aromatic heterocycles. The molecule has 2 aromatic carbocycles. The van der Waals surface area contributed by atoms with Crippen LogP contribution >= 0.6 is 0 Å². The number of hydrogen-bond acceptors (Lipinski definition) is 8. The van der Waals surface area contributed by atoms with Gasteiger partial charge in [0.1, 0.15) is 5.69 Å². The van der Waals surface area contributed by atoms with Crippen molar-refractivity contribution in [2.24, 2.45) is 0 Å². The van der Waals surface area contributed by atoms with Crippen LogP contribution in [0.1, 0.15) is 28.4 Å². The highest BCUT2D eigenvalue weighted by atomic mass is 16.6. The van der Waals surface area contributed by atoms with Crippen LogP contribution in [0.3, 0.4) is 0 Å². The molecule has 1 unspecified atom stereocenters. The van der Waals surface area contributed by atoms with E-state index in [2.05, 4.69) is 5.32 Å². The fourth-order valence-electron chi connectivity index (χ4n) is 2.66. The summed E-state index contributed by atoms with van der Waals surface area (Å²) >= 11 is 0. The van der Waals surface area contributed by atoms with Gasteiger partial charge in [0, 0.05) is 11.6 Å². The highest BCUT2D eigenvalue weighted by molar-refractivity contribution is 5.96. The second kappa shape index (κ2) is 9.40. The Bertz CT molecular complexity index is 930. The standard InChI is InChI=1S/C19H21N3O7/c1-27-16-7-5-11(9-17(16)28-2)14(10-18(23)29-3)21-19(24)12-4-6-13(20)15(8-12)22(25)26/h4-9,14H,10,20H2,1-3H3,(H,21,24). The Morgan fingerprint density at radius 3 is 2.38 bits per heavy atom. The van der Waals surface area contributed by atoms with Crippen molar-refractivity contribution in [3.63, 3.8) is 0 Å². The van der Waals surface area contributed by atoms with E-state index < -0.39 is 22.8 Å². The molecule has 0 saturated carbocycles. The van der Waals surface area contributed by atoms with Gasteiger partial charge in [-0.15, -0.1) is 0 Å². The summed E-state index contributed by atoms with van der Waals surface area (Å²) in [6, 6.07) is 7.87. The second-order valence-corrected chi connectivity index (χ2v) is 5.95. The first kappa shape index (κ1) is 21.5. The number of rotatable bonds is 8. The highest BCUT2D eigenvalue weighted by Crippen LogP contribution is 2.31. The Morgan fingerprint density at radius 2 is 1.79 bits per heavy atom. The quantitative estimate of drug-likeness (QED) is 0.296. The number of methoxy groups -OCH3 is 3. The molecule has 10 nitrogen and oxygen atoms in total. The van der Waals surface area contributed by atoms with Gasteiger partial charge in [0.15, 0.2) is 11.5 Å². The number of benzene rings is 2. The lowest BCUT2D eigenvalue weighted by molar-refractivity contribution is -0.383. The lowest BCUT2D eigenvalue weighted by Crippen LogP contribution is -2.30. The topological polar surface area (TPSA) is 143 Å². The van der Waals surface area contributed by atoms with E-state index in [1.807, 2.05) is 0 Å². The lowest BCUT2D eigenvalue weighted by atomic mass is 10.0. The maximum atomic E-state index is 12.7. The van der Waals surface area contributed by atoms with Crippen molar-refractivity contribution in [2.75, 3.05) is 27.1 Å². The van der Waals surface area contributed by atoms with E-state index in [-0.39, 0.29) is 23.4 Å². The predicted molar refractivity (Wildman–Crippen MR) is 104 cm³/mol. The van der Waals surface area contributed by atoms with Crippen molar-refractivity contribution in [1.29, 1.82) is 0 Å². The van der Waals surface area contributed by atoms with Crippen molar-refractivity contribution in [3.05, 3.63) is 57.6 Å². The number of nitrogens with one attached hydrogen (secondary N) is 1. The van der Waals surface area contributed by atoms with Crippen LogP contribution in [-0.2, 0) is 9.53 Å². The van der Waals surface area contributed by atoms with Gasteiger partial charge in [0.05, 0.1) is 38.7 Å². The molecule has 1 amide bonds. The van der Waals surface area contributed by atoms with Crippen molar-refractivity contribution >= 4 is 23.3 Å². The van der Waals surface area contributed by atoms with E-state index in [9.17, 15) is 19.7 Å². The monoisotopic (exact) mass is 403 g/mol. The molecule has 0 bridgehead atoms. The number of amides is 1. The fraction of sp³-hybridized carbons (Fsp3) is 0.263. The number of carbonyl (C=O) groups excluding carboxylic acids is 2. The number of nitro benzene ring substituents is 1. The van der Waals surface area contributed by atoms with Gasteiger partial charge in [0.2, 0.25) is 0 Å². The molecule has 0 saturated heterocycles. The molecule has 10 heteroatoms. The molecule has 154 valence electrons. The normalized spacial score (nSPS) is 11.3. The molecule has 0 heterocycles. The number of nitrogen functional groups attached to an aromatic ring is 1. The number of hydrogen-bond donors (Lipinski definition) is 2. The summed E-state index contributed by atoms with van der Waals surface area (Å²) in [7, 11) is 4.18. The van der Waals surface area contributed by atoms with Crippen molar-refractivity contribution in [3.8, 4) is 11.5 Å². The van der Waals surface area contributed by atoms with Crippen molar-refractivity contribution in [1.82, 2.24) is 5.32 Å². The molecule has 3 N–H and O–H groups in total. The van der Waals surface area contributed by atoms with Gasteiger partial charge in [-0.25, -0.2) is 0 Å². The van der Waals surface area contributed by atoms with E-state index in [1.165, 1.54) is 33.5 Å². The van der Waals surface area contributed by atoms with Gasteiger partial charge in [-0.3, -0.25) is 19.7 Å². The molecule has 0 aliphatic rings. The van der Waals surface area contributed by atoms with Crippen LogP contribution in [0.5, 0.6) is 11.5 Å². The molecule has 0 spiro atoms. The first-order chi connectivity index (χ1) is 13.8. The Morgan fingerprint density at radius 1 is 1.10 bits per heavy atom. The number of nitrogens with zero attached hydrogens (tertiary/aromatic N) is 1. The first-order valence-electron chi connectivity index (χ1n) is 8.44. The number of esters is 1. The number of nitro groups is 1. The molecule has 0 aliphatic carbocycles. The largest absolute Gasteiger partial charge is 0.493 e. The summed E-state index contributed by atoms with van der Waals surface area (Å²) in [5.41, 5.74) is 5.72. The molecule has 0 radical (unpaired) electrons. The Labute approximate surface area is 166 Å². The molecule has 0 fully saturated rings. The van der Waals surface area contributed by atoms with E-state index in [0.29, 0.717) is 17.1 Å². The van der Waals surface area contributed by atoms with Gasteiger partial charge in [-0.1, -0.05) is 6.07 Å². The molecule has 2 aromatic rings. The zero-order chi connectivity index (χ0) is 21.6. The number of nitrogens with two attached hydrogens (primary N) is 1. The van der Waals surface area contributed by atoms with Crippen LogP contribution in [0.4, 0.5) is 11.4 Å². The molecular formula is C19H21N3O7. The zero-order valence-electron chi connectivity index (χ0n) is 16.1. The van der Waals surface area contributed by atoms with E-state index in [0.717, 1.165) is 6.07 Å². The Balaban J connectivity index is 2.36. The molecule has 1 atom stereocenters. The summed E-state index contributed by atoms with van der Waals surface area (Å²) in [4.78, 5) is 34.9. The van der Waals surface area contributed by atoms with E-state index >= 15 is 0 Å². The summed E-state index contributed by atoms with van der Waals surface area (Å²) < 4.78 is 15.2. The predicted octanol–water partition coefficient (Wildman–Crippen LogP) is 2.23. The second-order valence-electron chi connectivity index (χ2n) is 5.95. The van der Waals surface area contributed by atoms with Crippen LogP contribution in [0.25, 0.3) is 0 Å². The number of carbonyl (C=O) groups is 2. The summed E-state index contributed by atoms with van der Waals surface area (Å²) in [5.74, 6) is -0.268. The number of anilines is 1. The van der Waals surface area contributed by atoms with Crippen LogP contribution in [0.15, 0.2) is 36.4 Å². The Hall–Kier alpha value is -3.82. The minimum absolute atomic E-state index is 0.0289. The minimum atomic E-state index is -0.772. The van der Waals surface area contributed by atoms with Crippen LogP contribution < -0.4 is 20.5 Å². The minimum Gasteiger partial charge on any atom is -0.493 e. The molecule has 0 aliphatic heterocycles. The zero-order valence-corrected chi connectivity index (χ0v) is 16.1. The van der Waals surface area contributed by atoms with Crippen molar-refractivity contribution < 1.29 is 28.7 Å². The van der Waals surface area contributed by atoms with Gasteiger partial charge in [-0.2, -0.15) is 0 Å². The maximum absolute atomic E-state index is 12.7. The van der Waals surface area contributed by atoms with Gasteiger partial charge < -0.3 is 25.3 Å². The SMILES string of the molecule is COC(=O)CC(NC(=O)c1ccc(N)c([N+](=O)[O-])c1)c1ccc(OC)c(OC)c1. The van der Waals surface area contributed by atoms with Crippen LogP contribution in [-0.4, -0.2) is 38.1 Å². The molecular weight excluding hydrogens is 382 g/mol. The van der Waals surface area contributed by atoms with Gasteiger partial charge in [-0.05, 0) is 29.8 Å². The third-order valence-corrected chi connectivity index (χ3v) is 4.20. The first-order valence-corrected chi connectivity index (χ1v) is 8.44.